The molecule has 0 amide bonds. The number of fused-ring (bicyclic) bond motifs is 1. The summed E-state index contributed by atoms with van der Waals surface area (Å²) in [7, 11) is 0. The molecule has 4 rings (SSSR count). The van der Waals surface area contributed by atoms with Gasteiger partial charge in [0.2, 0.25) is 0 Å². The van der Waals surface area contributed by atoms with Crippen LogP contribution in [0.25, 0.3) is 0 Å². The Kier molecular flexibility index (Phi) is 5.94. The molecule has 0 spiro atoms. The van der Waals surface area contributed by atoms with E-state index in [0.29, 0.717) is 18.9 Å². The number of esters is 1. The Labute approximate surface area is 181 Å². The summed E-state index contributed by atoms with van der Waals surface area (Å²) in [5.74, 6) is 0.400. The van der Waals surface area contributed by atoms with E-state index in [1.807, 2.05) is 6.92 Å². The number of carbonyl (C=O) groups is 1. The molecule has 0 saturated heterocycles. The topological polar surface area (TPSA) is 81.4 Å². The lowest BCUT2D eigenvalue weighted by atomic mass is 9.78. The normalized spacial score (nSPS) is 20.4. The highest BCUT2D eigenvalue weighted by Gasteiger charge is 2.36. The van der Waals surface area contributed by atoms with Crippen molar-refractivity contribution in [2.75, 3.05) is 17.7 Å². The van der Waals surface area contributed by atoms with Crippen LogP contribution in [0.3, 0.4) is 0 Å². The van der Waals surface area contributed by atoms with Gasteiger partial charge in [-0.05, 0) is 42.9 Å². The van der Waals surface area contributed by atoms with Crippen LogP contribution in [0.4, 0.5) is 5.69 Å². The maximum absolute atomic E-state index is 12.2. The first-order chi connectivity index (χ1) is 14.4. The van der Waals surface area contributed by atoms with Crippen LogP contribution in [-0.2, 0) is 16.1 Å². The van der Waals surface area contributed by atoms with Crippen LogP contribution in [-0.4, -0.2) is 44.8 Å². The Balaban J connectivity index is 1.53. The van der Waals surface area contributed by atoms with Gasteiger partial charge >= 0.3 is 5.97 Å². The van der Waals surface area contributed by atoms with Crippen LogP contribution in [0.5, 0.6) is 0 Å². The molecule has 0 saturated carbocycles. The van der Waals surface area contributed by atoms with Gasteiger partial charge in [-0.25, -0.2) is 14.5 Å². The summed E-state index contributed by atoms with van der Waals surface area (Å²) in [6.45, 7) is 7.40. The number of hydrogen-bond donors (Lipinski definition) is 1. The number of rotatable bonds is 6. The Bertz CT molecular complexity index is 964. The SMILES string of the molecule is CCOC(=O)C1CSC2=C(Nc3ccc(Cn4cncn4)cc3)CC(C)(C)CC2=N1. The predicted octanol–water partition coefficient (Wildman–Crippen LogP) is 3.89. The maximum atomic E-state index is 12.2. The zero-order chi connectivity index (χ0) is 21.1. The molecule has 1 aromatic carbocycles. The zero-order valence-corrected chi connectivity index (χ0v) is 18.4. The molecule has 0 fully saturated rings. The second-order valence-electron chi connectivity index (χ2n) is 8.40. The fourth-order valence-electron chi connectivity index (χ4n) is 3.82. The Morgan fingerprint density at radius 3 is 2.80 bits per heavy atom. The van der Waals surface area contributed by atoms with Crippen LogP contribution in [0, 0.1) is 5.41 Å². The van der Waals surface area contributed by atoms with Gasteiger partial charge in [-0.1, -0.05) is 26.0 Å². The van der Waals surface area contributed by atoms with Crippen LogP contribution in [0.1, 0.15) is 39.2 Å². The molecule has 7 nitrogen and oxygen atoms in total. The van der Waals surface area contributed by atoms with E-state index in [-0.39, 0.29) is 11.4 Å². The molecule has 0 radical (unpaired) electrons. The van der Waals surface area contributed by atoms with Gasteiger partial charge < -0.3 is 10.1 Å². The average molecular weight is 426 g/mol. The van der Waals surface area contributed by atoms with E-state index >= 15 is 0 Å². The first kappa shape index (κ1) is 20.7. The van der Waals surface area contributed by atoms with Gasteiger partial charge in [0.15, 0.2) is 6.04 Å². The average Bonchev–Trinajstić information content (AvgIpc) is 3.21. The number of aromatic nitrogens is 3. The highest BCUT2D eigenvalue weighted by molar-refractivity contribution is 8.04. The van der Waals surface area contributed by atoms with Crippen molar-refractivity contribution in [1.82, 2.24) is 14.8 Å². The van der Waals surface area contributed by atoms with Crippen molar-refractivity contribution < 1.29 is 9.53 Å². The molecule has 158 valence electrons. The number of nitrogens with one attached hydrogen (secondary N) is 1. The fourth-order valence-corrected chi connectivity index (χ4v) is 4.94. The number of nitrogens with zero attached hydrogens (tertiary/aromatic N) is 4. The monoisotopic (exact) mass is 425 g/mol. The Morgan fingerprint density at radius 2 is 2.10 bits per heavy atom. The van der Waals surface area contributed by atoms with Crippen molar-refractivity contribution in [3.63, 3.8) is 0 Å². The van der Waals surface area contributed by atoms with E-state index in [2.05, 4.69) is 53.5 Å². The molecule has 2 heterocycles. The van der Waals surface area contributed by atoms with Gasteiger partial charge in [0.1, 0.15) is 12.7 Å². The highest BCUT2D eigenvalue weighted by Crippen LogP contribution is 2.43. The number of hydrogen-bond acceptors (Lipinski definition) is 7. The molecular weight excluding hydrogens is 398 g/mol. The second kappa shape index (κ2) is 8.63. The second-order valence-corrected chi connectivity index (χ2v) is 9.43. The molecule has 2 aliphatic rings. The van der Waals surface area contributed by atoms with Gasteiger partial charge in [-0.3, -0.25) is 4.99 Å². The summed E-state index contributed by atoms with van der Waals surface area (Å²) in [4.78, 5) is 22.1. The van der Waals surface area contributed by atoms with E-state index in [1.54, 1.807) is 29.1 Å². The van der Waals surface area contributed by atoms with Gasteiger partial charge in [-0.2, -0.15) is 5.10 Å². The molecule has 1 aromatic heterocycles. The van der Waals surface area contributed by atoms with E-state index in [4.69, 9.17) is 9.73 Å². The zero-order valence-electron chi connectivity index (χ0n) is 17.6. The fraction of sp³-hybridized carbons (Fsp3) is 0.455. The molecule has 1 N–H and O–H groups in total. The molecule has 1 unspecified atom stereocenters. The number of thioether (sulfide) groups is 1. The lowest BCUT2D eigenvalue weighted by Gasteiger charge is -2.36. The molecule has 1 atom stereocenters. The van der Waals surface area contributed by atoms with Crippen molar-refractivity contribution in [2.24, 2.45) is 10.4 Å². The summed E-state index contributed by atoms with van der Waals surface area (Å²) in [6, 6.07) is 7.98. The predicted molar refractivity (Wildman–Crippen MR) is 120 cm³/mol. The first-order valence-electron chi connectivity index (χ1n) is 10.2. The summed E-state index contributed by atoms with van der Waals surface area (Å²) in [5, 5.41) is 7.77. The van der Waals surface area contributed by atoms with Crippen molar-refractivity contribution in [2.45, 2.75) is 46.2 Å². The lowest BCUT2D eigenvalue weighted by molar-refractivity contribution is -0.143. The molecule has 1 aliphatic heterocycles. The van der Waals surface area contributed by atoms with Crippen molar-refractivity contribution in [3.05, 3.63) is 53.1 Å². The maximum Gasteiger partial charge on any atom is 0.331 e. The minimum absolute atomic E-state index is 0.0782. The van der Waals surface area contributed by atoms with Gasteiger partial charge in [-0.15, -0.1) is 11.8 Å². The summed E-state index contributed by atoms with van der Waals surface area (Å²) >= 11 is 1.71. The number of aliphatic imine (C=N–C) groups is 1. The number of ether oxygens (including phenoxy) is 1. The lowest BCUT2D eigenvalue weighted by Crippen LogP contribution is -2.34. The van der Waals surface area contributed by atoms with E-state index in [1.165, 1.54) is 16.2 Å². The number of carbonyl (C=O) groups excluding carboxylic acids is 1. The third-order valence-electron chi connectivity index (χ3n) is 5.15. The number of benzene rings is 1. The standard InChI is InChI=1S/C22H27N5O2S/c1-4-29-21(28)19-12-30-20-17(9-22(2,3)10-18(20)26-19)25-16-7-5-15(6-8-16)11-27-14-23-13-24-27/h5-8,13-14,19,25H,4,9-12H2,1-3H3. The number of allylic oxidation sites excluding steroid dienone is 2. The summed E-state index contributed by atoms with van der Waals surface area (Å²) < 4.78 is 6.99. The first-order valence-corrected chi connectivity index (χ1v) is 11.2. The highest BCUT2D eigenvalue weighted by atomic mass is 32.2. The van der Waals surface area contributed by atoms with Gasteiger partial charge in [0.25, 0.3) is 0 Å². The van der Waals surface area contributed by atoms with Crippen LogP contribution in [0.2, 0.25) is 0 Å². The van der Waals surface area contributed by atoms with Gasteiger partial charge in [0, 0.05) is 22.0 Å². The van der Waals surface area contributed by atoms with E-state index in [9.17, 15) is 4.79 Å². The van der Waals surface area contributed by atoms with Gasteiger partial charge in [0.05, 0.1) is 18.9 Å². The minimum Gasteiger partial charge on any atom is -0.464 e. The van der Waals surface area contributed by atoms with Crippen LogP contribution < -0.4 is 5.32 Å². The smallest absolute Gasteiger partial charge is 0.331 e. The largest absolute Gasteiger partial charge is 0.464 e. The van der Waals surface area contributed by atoms with Crippen molar-refractivity contribution in [1.29, 1.82) is 0 Å². The summed E-state index contributed by atoms with van der Waals surface area (Å²) in [5.41, 5.74) is 4.49. The Morgan fingerprint density at radius 1 is 1.30 bits per heavy atom. The summed E-state index contributed by atoms with van der Waals surface area (Å²) in [6.07, 6.45) is 5.07. The molecule has 2 aromatic rings. The Hall–Kier alpha value is -2.61. The molecule has 8 heteroatoms. The molecule has 1 aliphatic carbocycles. The molecule has 30 heavy (non-hydrogen) atoms. The molecular formula is C22H27N5O2S. The van der Waals surface area contributed by atoms with Crippen LogP contribution in [0.15, 0.2) is 52.5 Å². The van der Waals surface area contributed by atoms with Crippen molar-refractivity contribution >= 4 is 29.1 Å². The van der Waals surface area contributed by atoms with Crippen molar-refractivity contribution in [3.8, 4) is 0 Å². The quantitative estimate of drug-likeness (QED) is 0.707. The third-order valence-corrected chi connectivity index (χ3v) is 6.41. The third kappa shape index (κ3) is 4.75. The molecule has 0 bridgehead atoms. The number of anilines is 1. The van der Waals surface area contributed by atoms with E-state index in [0.717, 1.165) is 24.2 Å². The van der Waals surface area contributed by atoms with Crippen LogP contribution >= 0.6 is 11.8 Å². The van der Waals surface area contributed by atoms with E-state index < -0.39 is 6.04 Å². The minimum atomic E-state index is -0.403.